The van der Waals surface area contributed by atoms with E-state index in [4.69, 9.17) is 9.47 Å². The maximum Gasteiger partial charge on any atom is 0.416 e. The predicted octanol–water partition coefficient (Wildman–Crippen LogP) is 3.97. The zero-order valence-electron chi connectivity index (χ0n) is 12.4. The molecule has 0 saturated carbocycles. The van der Waals surface area contributed by atoms with Gasteiger partial charge in [-0.05, 0) is 36.4 Å². The van der Waals surface area contributed by atoms with Crippen LogP contribution in [0.3, 0.4) is 0 Å². The smallest absolute Gasteiger partial charge is 0.416 e. The number of carbonyl (C=O) groups is 1. The number of hydrogen-bond donors (Lipinski definition) is 1. The fourth-order valence-electron chi connectivity index (χ4n) is 1.93. The largest absolute Gasteiger partial charge is 0.493 e. The van der Waals surface area contributed by atoms with Gasteiger partial charge in [-0.15, -0.1) is 0 Å². The number of halogens is 3. The molecule has 4 nitrogen and oxygen atoms in total. The molecule has 0 unspecified atom stereocenters. The highest BCUT2D eigenvalue weighted by molar-refractivity contribution is 6.04. The van der Waals surface area contributed by atoms with Crippen molar-refractivity contribution >= 4 is 11.6 Å². The topological polar surface area (TPSA) is 47.6 Å². The average molecular weight is 325 g/mol. The molecule has 0 aliphatic rings. The van der Waals surface area contributed by atoms with Gasteiger partial charge in [-0.2, -0.15) is 13.2 Å². The fraction of sp³-hybridized carbons (Fsp3) is 0.188. The van der Waals surface area contributed by atoms with Gasteiger partial charge in [-0.25, -0.2) is 0 Å². The van der Waals surface area contributed by atoms with Crippen molar-refractivity contribution < 1.29 is 27.4 Å². The van der Waals surface area contributed by atoms with Crippen molar-refractivity contribution in [2.45, 2.75) is 6.18 Å². The lowest BCUT2D eigenvalue weighted by molar-refractivity contribution is -0.137. The van der Waals surface area contributed by atoms with Gasteiger partial charge >= 0.3 is 6.18 Å². The Morgan fingerprint density at radius 2 is 1.57 bits per heavy atom. The Labute approximate surface area is 130 Å². The molecular formula is C16H14F3NO3. The highest BCUT2D eigenvalue weighted by Crippen LogP contribution is 2.31. The van der Waals surface area contributed by atoms with Crippen LogP contribution >= 0.6 is 0 Å². The molecule has 7 heteroatoms. The number of methoxy groups -OCH3 is 2. The highest BCUT2D eigenvalue weighted by atomic mass is 19.4. The van der Waals surface area contributed by atoms with Crippen LogP contribution in [0.1, 0.15) is 15.9 Å². The van der Waals surface area contributed by atoms with E-state index in [1.807, 2.05) is 0 Å². The van der Waals surface area contributed by atoms with E-state index in [1.54, 1.807) is 18.2 Å². The lowest BCUT2D eigenvalue weighted by Crippen LogP contribution is -2.13. The molecular weight excluding hydrogens is 311 g/mol. The third-order valence-corrected chi connectivity index (χ3v) is 3.12. The van der Waals surface area contributed by atoms with Crippen molar-refractivity contribution in [3.63, 3.8) is 0 Å². The van der Waals surface area contributed by atoms with E-state index in [0.717, 1.165) is 24.3 Å². The molecule has 0 radical (unpaired) electrons. The normalized spacial score (nSPS) is 11.0. The van der Waals surface area contributed by atoms with Crippen molar-refractivity contribution in [2.75, 3.05) is 19.5 Å². The van der Waals surface area contributed by atoms with Crippen molar-refractivity contribution in [3.8, 4) is 11.5 Å². The Morgan fingerprint density at radius 3 is 2.09 bits per heavy atom. The average Bonchev–Trinajstić information content (AvgIpc) is 2.54. The van der Waals surface area contributed by atoms with E-state index in [9.17, 15) is 18.0 Å². The van der Waals surface area contributed by atoms with E-state index in [0.29, 0.717) is 17.2 Å². The third-order valence-electron chi connectivity index (χ3n) is 3.12. The van der Waals surface area contributed by atoms with E-state index in [-0.39, 0.29) is 5.56 Å². The summed E-state index contributed by atoms with van der Waals surface area (Å²) >= 11 is 0. The highest BCUT2D eigenvalue weighted by Gasteiger charge is 2.30. The van der Waals surface area contributed by atoms with E-state index < -0.39 is 17.6 Å². The van der Waals surface area contributed by atoms with E-state index in [2.05, 4.69) is 5.32 Å². The summed E-state index contributed by atoms with van der Waals surface area (Å²) in [5, 5.41) is 2.59. The van der Waals surface area contributed by atoms with Crippen LogP contribution in [-0.2, 0) is 6.18 Å². The molecule has 0 bridgehead atoms. The molecule has 122 valence electrons. The first kappa shape index (κ1) is 16.7. The van der Waals surface area contributed by atoms with Gasteiger partial charge in [0.2, 0.25) is 0 Å². The summed E-state index contributed by atoms with van der Waals surface area (Å²) < 4.78 is 47.7. The molecule has 2 aromatic rings. The molecule has 0 atom stereocenters. The Hall–Kier alpha value is -2.70. The van der Waals surface area contributed by atoms with Gasteiger partial charge in [0.15, 0.2) is 11.5 Å². The minimum atomic E-state index is -4.43. The first-order valence-corrected chi connectivity index (χ1v) is 6.56. The SMILES string of the molecule is COc1ccc(NC(=O)c2ccc(C(F)(F)F)cc2)cc1OC. The van der Waals surface area contributed by atoms with Crippen LogP contribution in [0, 0.1) is 0 Å². The quantitative estimate of drug-likeness (QED) is 0.925. The van der Waals surface area contributed by atoms with E-state index >= 15 is 0 Å². The predicted molar refractivity (Wildman–Crippen MR) is 78.9 cm³/mol. The van der Waals surface area contributed by atoms with Crippen LogP contribution in [0.15, 0.2) is 42.5 Å². The second kappa shape index (κ2) is 6.60. The number of amides is 1. The van der Waals surface area contributed by atoms with Crippen LogP contribution in [0.5, 0.6) is 11.5 Å². The van der Waals surface area contributed by atoms with Gasteiger partial charge in [-0.1, -0.05) is 0 Å². The summed E-state index contributed by atoms with van der Waals surface area (Å²) in [6.07, 6.45) is -4.43. The lowest BCUT2D eigenvalue weighted by Gasteiger charge is -2.11. The number of ether oxygens (including phenoxy) is 2. The van der Waals surface area contributed by atoms with Gasteiger partial charge in [-0.3, -0.25) is 4.79 Å². The van der Waals surface area contributed by atoms with Gasteiger partial charge in [0, 0.05) is 17.3 Å². The second-order valence-corrected chi connectivity index (χ2v) is 4.60. The van der Waals surface area contributed by atoms with Crippen LogP contribution in [0.4, 0.5) is 18.9 Å². The summed E-state index contributed by atoms with van der Waals surface area (Å²) in [6, 6.07) is 8.75. The number of rotatable bonds is 4. The van der Waals surface area contributed by atoms with Gasteiger partial charge < -0.3 is 14.8 Å². The van der Waals surface area contributed by atoms with Crippen LogP contribution in [-0.4, -0.2) is 20.1 Å². The summed E-state index contributed by atoms with van der Waals surface area (Å²) in [5.74, 6) is 0.406. The number of alkyl halides is 3. The monoisotopic (exact) mass is 325 g/mol. The summed E-state index contributed by atoms with van der Waals surface area (Å²) in [6.45, 7) is 0. The summed E-state index contributed by atoms with van der Waals surface area (Å²) in [4.78, 5) is 12.1. The number of benzene rings is 2. The first-order valence-electron chi connectivity index (χ1n) is 6.56. The summed E-state index contributed by atoms with van der Waals surface area (Å²) in [5.41, 5.74) is -0.250. The zero-order chi connectivity index (χ0) is 17.0. The number of anilines is 1. The van der Waals surface area contributed by atoms with Crippen molar-refractivity contribution in [3.05, 3.63) is 53.6 Å². The molecule has 2 rings (SSSR count). The Bertz CT molecular complexity index is 697. The molecule has 0 heterocycles. The van der Waals surface area contributed by atoms with Gasteiger partial charge in [0.1, 0.15) is 0 Å². The summed E-state index contributed by atoms with van der Waals surface area (Å²) in [7, 11) is 2.94. The van der Waals surface area contributed by atoms with Crippen LogP contribution in [0.25, 0.3) is 0 Å². The molecule has 2 aromatic carbocycles. The Morgan fingerprint density at radius 1 is 0.957 bits per heavy atom. The van der Waals surface area contributed by atoms with Gasteiger partial charge in [0.05, 0.1) is 19.8 Å². The molecule has 1 N–H and O–H groups in total. The molecule has 0 aliphatic heterocycles. The molecule has 23 heavy (non-hydrogen) atoms. The molecule has 0 fully saturated rings. The van der Waals surface area contributed by atoms with Gasteiger partial charge in [0.25, 0.3) is 5.91 Å². The van der Waals surface area contributed by atoms with Crippen molar-refractivity contribution in [2.24, 2.45) is 0 Å². The van der Waals surface area contributed by atoms with Crippen molar-refractivity contribution in [1.82, 2.24) is 0 Å². The van der Waals surface area contributed by atoms with Crippen LogP contribution in [0.2, 0.25) is 0 Å². The number of carbonyl (C=O) groups excluding carboxylic acids is 1. The van der Waals surface area contributed by atoms with Crippen molar-refractivity contribution in [1.29, 1.82) is 0 Å². The second-order valence-electron chi connectivity index (χ2n) is 4.60. The molecule has 0 aromatic heterocycles. The standard InChI is InChI=1S/C16H14F3NO3/c1-22-13-8-7-12(9-14(13)23-2)20-15(21)10-3-5-11(6-4-10)16(17,18)19/h3-9H,1-2H3,(H,20,21). The number of hydrogen-bond acceptors (Lipinski definition) is 3. The Balaban J connectivity index is 2.16. The zero-order valence-corrected chi connectivity index (χ0v) is 12.4. The molecule has 0 saturated heterocycles. The van der Waals surface area contributed by atoms with Crippen LogP contribution < -0.4 is 14.8 Å². The number of nitrogens with one attached hydrogen (secondary N) is 1. The maximum atomic E-state index is 12.5. The maximum absolute atomic E-state index is 12.5. The molecule has 1 amide bonds. The van der Waals surface area contributed by atoms with E-state index in [1.165, 1.54) is 14.2 Å². The molecule has 0 aliphatic carbocycles. The fourth-order valence-corrected chi connectivity index (χ4v) is 1.93. The minimum absolute atomic E-state index is 0.118. The third kappa shape index (κ3) is 3.94. The lowest BCUT2D eigenvalue weighted by atomic mass is 10.1. The first-order chi connectivity index (χ1) is 10.8. The Kier molecular flexibility index (Phi) is 4.78. The minimum Gasteiger partial charge on any atom is -0.493 e. The molecule has 0 spiro atoms.